The molecule has 2 rings (SSSR count). The molecule has 4 nitrogen and oxygen atoms in total. The molecule has 0 bridgehead atoms. The van der Waals surface area contributed by atoms with Crippen molar-refractivity contribution in [2.24, 2.45) is 5.73 Å². The molecular formula is C12H15BrFN3O. The number of nitrogens with two attached hydrogens (primary N) is 1. The Balaban J connectivity index is 2.34. The van der Waals surface area contributed by atoms with Crippen LogP contribution in [0.5, 0.6) is 0 Å². The highest BCUT2D eigenvalue weighted by atomic mass is 79.9. The van der Waals surface area contributed by atoms with Crippen molar-refractivity contribution in [3.63, 3.8) is 0 Å². The zero-order valence-corrected chi connectivity index (χ0v) is 11.4. The van der Waals surface area contributed by atoms with Crippen molar-refractivity contribution in [2.45, 2.75) is 6.04 Å². The minimum Gasteiger partial charge on any atom is -0.368 e. The maximum atomic E-state index is 13.9. The van der Waals surface area contributed by atoms with Gasteiger partial charge in [0.15, 0.2) is 0 Å². The number of piperazine rings is 1. The maximum Gasteiger partial charge on any atom is 0.239 e. The molecule has 0 radical (unpaired) electrons. The molecule has 0 spiro atoms. The van der Waals surface area contributed by atoms with Gasteiger partial charge in [-0.05, 0) is 18.2 Å². The lowest BCUT2D eigenvalue weighted by atomic mass is 10.0. The van der Waals surface area contributed by atoms with Gasteiger partial charge in [0.1, 0.15) is 11.9 Å². The van der Waals surface area contributed by atoms with Gasteiger partial charge in [-0.3, -0.25) is 9.69 Å². The molecule has 1 aliphatic rings. The number of nitrogens with zero attached hydrogens (tertiary/aromatic N) is 1. The number of rotatable bonds is 3. The van der Waals surface area contributed by atoms with Crippen LogP contribution < -0.4 is 11.1 Å². The largest absolute Gasteiger partial charge is 0.368 e. The highest BCUT2D eigenvalue weighted by Gasteiger charge is 2.29. The lowest BCUT2D eigenvalue weighted by molar-refractivity contribution is -0.123. The number of hydrogen-bond acceptors (Lipinski definition) is 3. The van der Waals surface area contributed by atoms with Crippen molar-refractivity contribution in [3.8, 4) is 0 Å². The molecule has 6 heteroatoms. The summed E-state index contributed by atoms with van der Waals surface area (Å²) in [5, 5.41) is 3.19. The molecule has 1 amide bonds. The van der Waals surface area contributed by atoms with Crippen LogP contribution in [0.15, 0.2) is 22.7 Å². The van der Waals surface area contributed by atoms with Gasteiger partial charge in [-0.2, -0.15) is 0 Å². The van der Waals surface area contributed by atoms with Crippen LogP contribution in [0, 0.1) is 5.82 Å². The minimum absolute atomic E-state index is 0.332. The molecule has 0 aliphatic carbocycles. The van der Waals surface area contributed by atoms with Crippen molar-refractivity contribution in [1.82, 2.24) is 10.2 Å². The Bertz CT molecular complexity index is 449. The van der Waals surface area contributed by atoms with E-state index in [4.69, 9.17) is 5.73 Å². The quantitative estimate of drug-likeness (QED) is 0.875. The molecule has 1 heterocycles. The average molecular weight is 316 g/mol. The number of carbonyl (C=O) groups is 1. The lowest BCUT2D eigenvalue weighted by Gasteiger charge is -2.33. The molecule has 1 atom stereocenters. The third-order valence-corrected chi connectivity index (χ3v) is 3.53. The van der Waals surface area contributed by atoms with Crippen molar-refractivity contribution in [1.29, 1.82) is 0 Å². The molecule has 0 saturated carbocycles. The van der Waals surface area contributed by atoms with Gasteiger partial charge in [0.25, 0.3) is 0 Å². The maximum absolute atomic E-state index is 13.9. The SMILES string of the molecule is NC(=O)C(c1cc(Br)ccc1F)N1CCNCC1. The van der Waals surface area contributed by atoms with Gasteiger partial charge in [-0.25, -0.2) is 4.39 Å². The fourth-order valence-corrected chi connectivity index (χ4v) is 2.57. The summed E-state index contributed by atoms with van der Waals surface area (Å²) in [5.41, 5.74) is 5.77. The third kappa shape index (κ3) is 2.88. The summed E-state index contributed by atoms with van der Waals surface area (Å²) in [6, 6.07) is 3.86. The zero-order chi connectivity index (χ0) is 13.1. The fourth-order valence-electron chi connectivity index (χ4n) is 2.19. The smallest absolute Gasteiger partial charge is 0.239 e. The number of hydrogen-bond donors (Lipinski definition) is 2. The van der Waals surface area contributed by atoms with E-state index in [9.17, 15) is 9.18 Å². The summed E-state index contributed by atoms with van der Waals surface area (Å²) < 4.78 is 14.6. The number of benzene rings is 1. The Morgan fingerprint density at radius 3 is 2.72 bits per heavy atom. The van der Waals surface area contributed by atoms with E-state index in [1.54, 1.807) is 12.1 Å². The van der Waals surface area contributed by atoms with E-state index < -0.39 is 17.8 Å². The molecule has 1 aromatic carbocycles. The Morgan fingerprint density at radius 2 is 2.11 bits per heavy atom. The molecule has 1 aromatic rings. The highest BCUT2D eigenvalue weighted by molar-refractivity contribution is 9.10. The lowest BCUT2D eigenvalue weighted by Crippen LogP contribution is -2.48. The molecule has 1 aliphatic heterocycles. The van der Waals surface area contributed by atoms with Crippen LogP contribution in [-0.4, -0.2) is 37.0 Å². The first-order valence-electron chi connectivity index (χ1n) is 5.78. The minimum atomic E-state index is -0.704. The molecule has 0 aromatic heterocycles. The van der Waals surface area contributed by atoms with Gasteiger partial charge in [-0.1, -0.05) is 15.9 Å². The molecule has 98 valence electrons. The second-order valence-corrected chi connectivity index (χ2v) is 5.17. The van der Waals surface area contributed by atoms with E-state index in [0.717, 1.165) is 17.6 Å². The standard InChI is InChI=1S/C12H15BrFN3O/c13-8-1-2-10(14)9(7-8)11(12(15)18)17-5-3-16-4-6-17/h1-2,7,11,16H,3-6H2,(H2,15,18). The number of amides is 1. The van der Waals surface area contributed by atoms with Crippen LogP contribution in [0.4, 0.5) is 4.39 Å². The Kier molecular flexibility index (Phi) is 4.31. The molecule has 18 heavy (non-hydrogen) atoms. The van der Waals surface area contributed by atoms with Crippen LogP contribution in [0.1, 0.15) is 11.6 Å². The summed E-state index contributed by atoms with van der Waals surface area (Å²) >= 11 is 3.29. The summed E-state index contributed by atoms with van der Waals surface area (Å²) in [6.45, 7) is 2.91. The van der Waals surface area contributed by atoms with Crippen molar-refractivity contribution in [3.05, 3.63) is 34.1 Å². The van der Waals surface area contributed by atoms with Crippen LogP contribution in [0.2, 0.25) is 0 Å². The van der Waals surface area contributed by atoms with E-state index >= 15 is 0 Å². The Labute approximate surface area is 113 Å². The number of carbonyl (C=O) groups excluding carboxylic acids is 1. The molecule has 3 N–H and O–H groups in total. The third-order valence-electron chi connectivity index (χ3n) is 3.04. The second-order valence-electron chi connectivity index (χ2n) is 4.26. The van der Waals surface area contributed by atoms with Gasteiger partial charge in [-0.15, -0.1) is 0 Å². The van der Waals surface area contributed by atoms with E-state index in [0.29, 0.717) is 18.7 Å². The number of primary amides is 1. The van der Waals surface area contributed by atoms with Crippen LogP contribution in [-0.2, 0) is 4.79 Å². The number of nitrogens with one attached hydrogen (secondary N) is 1. The molecule has 1 fully saturated rings. The van der Waals surface area contributed by atoms with Gasteiger partial charge in [0, 0.05) is 36.2 Å². The normalized spacial score (nSPS) is 18.6. The van der Waals surface area contributed by atoms with Crippen LogP contribution in [0.3, 0.4) is 0 Å². The predicted octanol–water partition coefficient (Wildman–Crippen LogP) is 1.02. The van der Waals surface area contributed by atoms with Crippen molar-refractivity contribution in [2.75, 3.05) is 26.2 Å². The van der Waals surface area contributed by atoms with Crippen LogP contribution in [0.25, 0.3) is 0 Å². The zero-order valence-electron chi connectivity index (χ0n) is 9.83. The van der Waals surface area contributed by atoms with E-state index in [-0.39, 0.29) is 0 Å². The van der Waals surface area contributed by atoms with Crippen molar-refractivity contribution < 1.29 is 9.18 Å². The first-order valence-corrected chi connectivity index (χ1v) is 6.58. The average Bonchev–Trinajstić information content (AvgIpc) is 2.35. The molecular weight excluding hydrogens is 301 g/mol. The number of halogens is 2. The summed E-state index contributed by atoms with van der Waals surface area (Å²) in [7, 11) is 0. The first kappa shape index (κ1) is 13.5. The second kappa shape index (κ2) is 5.77. The fraction of sp³-hybridized carbons (Fsp3) is 0.417. The summed E-state index contributed by atoms with van der Waals surface area (Å²) in [6.07, 6.45) is 0. The Hall–Kier alpha value is -0.980. The Morgan fingerprint density at radius 1 is 1.44 bits per heavy atom. The monoisotopic (exact) mass is 315 g/mol. The van der Waals surface area contributed by atoms with Gasteiger partial charge >= 0.3 is 0 Å². The van der Waals surface area contributed by atoms with E-state index in [1.807, 2.05) is 4.90 Å². The first-order chi connectivity index (χ1) is 8.59. The highest BCUT2D eigenvalue weighted by Crippen LogP contribution is 2.26. The summed E-state index contributed by atoms with van der Waals surface area (Å²) in [4.78, 5) is 13.5. The predicted molar refractivity (Wildman–Crippen MR) is 70.5 cm³/mol. The van der Waals surface area contributed by atoms with Gasteiger partial charge < -0.3 is 11.1 Å². The van der Waals surface area contributed by atoms with Gasteiger partial charge in [0.2, 0.25) is 5.91 Å². The van der Waals surface area contributed by atoms with Crippen molar-refractivity contribution >= 4 is 21.8 Å². The van der Waals surface area contributed by atoms with E-state index in [2.05, 4.69) is 21.2 Å². The summed E-state index contributed by atoms with van der Waals surface area (Å²) in [5.74, 6) is -0.922. The van der Waals surface area contributed by atoms with Gasteiger partial charge in [0.05, 0.1) is 0 Å². The van der Waals surface area contributed by atoms with Crippen LogP contribution >= 0.6 is 15.9 Å². The molecule has 1 unspecified atom stereocenters. The molecule has 1 saturated heterocycles. The topological polar surface area (TPSA) is 58.4 Å². The van der Waals surface area contributed by atoms with E-state index in [1.165, 1.54) is 6.07 Å².